The van der Waals surface area contributed by atoms with Gasteiger partial charge in [-0.15, -0.1) is 0 Å². The van der Waals surface area contributed by atoms with Crippen LogP contribution in [0.25, 0.3) is 0 Å². The average Bonchev–Trinajstić information content (AvgIpc) is 2.64. The van der Waals surface area contributed by atoms with E-state index in [0.717, 1.165) is 25.8 Å². The molecule has 1 fully saturated rings. The van der Waals surface area contributed by atoms with E-state index in [4.69, 9.17) is 5.73 Å². The summed E-state index contributed by atoms with van der Waals surface area (Å²) in [4.78, 5) is 14.0. The summed E-state index contributed by atoms with van der Waals surface area (Å²) < 4.78 is 0. The van der Waals surface area contributed by atoms with Crippen LogP contribution in [0.2, 0.25) is 0 Å². The number of hydrogen-bond acceptors (Lipinski definition) is 3. The minimum Gasteiger partial charge on any atom is -0.368 e. The highest BCUT2D eigenvalue weighted by Crippen LogP contribution is 2.33. The number of carbonyl (C=O) groups is 1. The zero-order chi connectivity index (χ0) is 12.3. The van der Waals surface area contributed by atoms with Gasteiger partial charge in [-0.25, -0.2) is 0 Å². The first kappa shape index (κ1) is 13.5. The standard InChI is InChI=1S/C12H25N3O/c1-5-15(9(2)3)10-6-7-12(8-10,14-4)11(13)16/h9-10,14H,5-8H2,1-4H3,(H2,13,16). The summed E-state index contributed by atoms with van der Waals surface area (Å²) in [6, 6.07) is 1.00. The summed E-state index contributed by atoms with van der Waals surface area (Å²) >= 11 is 0. The number of carbonyl (C=O) groups excluding carboxylic acids is 1. The van der Waals surface area contributed by atoms with Crippen molar-refractivity contribution in [1.82, 2.24) is 10.2 Å². The van der Waals surface area contributed by atoms with Crippen molar-refractivity contribution in [3.63, 3.8) is 0 Å². The number of nitrogens with zero attached hydrogens (tertiary/aromatic N) is 1. The zero-order valence-corrected chi connectivity index (χ0v) is 10.9. The molecule has 0 radical (unpaired) electrons. The fourth-order valence-electron chi connectivity index (χ4n) is 2.92. The highest BCUT2D eigenvalue weighted by Gasteiger charge is 2.44. The van der Waals surface area contributed by atoms with Crippen LogP contribution in [0, 0.1) is 0 Å². The van der Waals surface area contributed by atoms with Gasteiger partial charge in [0, 0.05) is 12.1 Å². The topological polar surface area (TPSA) is 58.4 Å². The Hall–Kier alpha value is -0.610. The molecule has 0 heterocycles. The first-order chi connectivity index (χ1) is 7.46. The lowest BCUT2D eigenvalue weighted by molar-refractivity contribution is -0.124. The molecule has 16 heavy (non-hydrogen) atoms. The monoisotopic (exact) mass is 227 g/mol. The first-order valence-corrected chi connectivity index (χ1v) is 6.21. The van der Waals surface area contributed by atoms with Crippen LogP contribution in [0.15, 0.2) is 0 Å². The molecule has 3 N–H and O–H groups in total. The lowest BCUT2D eigenvalue weighted by atomic mass is 9.96. The maximum absolute atomic E-state index is 11.5. The SMILES string of the molecule is CCN(C(C)C)C1CCC(NC)(C(N)=O)C1. The molecule has 0 aromatic rings. The highest BCUT2D eigenvalue weighted by atomic mass is 16.1. The van der Waals surface area contributed by atoms with E-state index in [0.29, 0.717) is 12.1 Å². The molecule has 1 saturated carbocycles. The summed E-state index contributed by atoms with van der Waals surface area (Å²) in [5.74, 6) is -0.211. The number of rotatable bonds is 5. The summed E-state index contributed by atoms with van der Waals surface area (Å²) in [5, 5.41) is 3.12. The number of nitrogens with two attached hydrogens (primary N) is 1. The van der Waals surface area contributed by atoms with Crippen LogP contribution in [0.4, 0.5) is 0 Å². The third kappa shape index (κ3) is 2.38. The second-order valence-electron chi connectivity index (χ2n) is 5.02. The second-order valence-corrected chi connectivity index (χ2v) is 5.02. The van der Waals surface area contributed by atoms with Crippen molar-refractivity contribution in [2.24, 2.45) is 5.73 Å². The maximum atomic E-state index is 11.5. The van der Waals surface area contributed by atoms with Gasteiger partial charge in [-0.2, -0.15) is 0 Å². The number of hydrogen-bond donors (Lipinski definition) is 2. The summed E-state index contributed by atoms with van der Waals surface area (Å²) in [7, 11) is 1.83. The molecule has 4 nitrogen and oxygen atoms in total. The molecule has 0 saturated heterocycles. The summed E-state index contributed by atoms with van der Waals surface area (Å²) in [6.07, 6.45) is 2.74. The van der Waals surface area contributed by atoms with Gasteiger partial charge in [-0.05, 0) is 46.7 Å². The van der Waals surface area contributed by atoms with Crippen molar-refractivity contribution in [2.45, 2.75) is 57.7 Å². The Balaban J connectivity index is 2.73. The first-order valence-electron chi connectivity index (χ1n) is 6.21. The predicted molar refractivity (Wildman–Crippen MR) is 66.1 cm³/mol. The van der Waals surface area contributed by atoms with Crippen LogP contribution in [-0.4, -0.2) is 42.0 Å². The Kier molecular flexibility index (Phi) is 4.33. The quantitative estimate of drug-likeness (QED) is 0.727. The number of primary amides is 1. The minimum atomic E-state index is -0.479. The van der Waals surface area contributed by atoms with E-state index >= 15 is 0 Å². The van der Waals surface area contributed by atoms with Crippen LogP contribution >= 0.6 is 0 Å². The van der Waals surface area contributed by atoms with Crippen LogP contribution in [0.3, 0.4) is 0 Å². The smallest absolute Gasteiger partial charge is 0.237 e. The largest absolute Gasteiger partial charge is 0.368 e. The van der Waals surface area contributed by atoms with Crippen molar-refractivity contribution >= 4 is 5.91 Å². The van der Waals surface area contributed by atoms with Gasteiger partial charge in [0.1, 0.15) is 0 Å². The molecule has 4 heteroatoms. The van der Waals surface area contributed by atoms with Crippen molar-refractivity contribution < 1.29 is 4.79 Å². The van der Waals surface area contributed by atoms with Gasteiger partial charge in [-0.3, -0.25) is 9.69 Å². The van der Waals surface area contributed by atoms with Crippen molar-refractivity contribution in [3.05, 3.63) is 0 Å². The zero-order valence-electron chi connectivity index (χ0n) is 10.9. The summed E-state index contributed by atoms with van der Waals surface area (Å²) in [6.45, 7) is 7.60. The maximum Gasteiger partial charge on any atom is 0.237 e. The van der Waals surface area contributed by atoms with Gasteiger partial charge in [0.25, 0.3) is 0 Å². The van der Waals surface area contributed by atoms with Gasteiger partial charge < -0.3 is 11.1 Å². The Morgan fingerprint density at radius 2 is 2.25 bits per heavy atom. The number of likely N-dealkylation sites (N-methyl/N-ethyl adjacent to an activating group) is 1. The molecular formula is C12H25N3O. The number of amides is 1. The average molecular weight is 227 g/mol. The van der Waals surface area contributed by atoms with E-state index in [2.05, 4.69) is 31.0 Å². The molecule has 1 aliphatic rings. The Labute approximate surface area is 98.6 Å². The Bertz CT molecular complexity index is 255. The van der Waals surface area contributed by atoms with Crippen molar-refractivity contribution in [2.75, 3.05) is 13.6 Å². The third-order valence-corrected chi connectivity index (χ3v) is 3.94. The summed E-state index contributed by atoms with van der Waals surface area (Å²) in [5.41, 5.74) is 5.02. The van der Waals surface area contributed by atoms with Crippen LogP contribution < -0.4 is 11.1 Å². The van der Waals surface area contributed by atoms with Crippen LogP contribution in [-0.2, 0) is 4.79 Å². The van der Waals surface area contributed by atoms with E-state index in [1.54, 1.807) is 0 Å². The fraction of sp³-hybridized carbons (Fsp3) is 0.917. The molecule has 1 rings (SSSR count). The van der Waals surface area contributed by atoms with Crippen LogP contribution in [0.1, 0.15) is 40.0 Å². The van der Waals surface area contributed by atoms with E-state index in [1.807, 2.05) is 7.05 Å². The Morgan fingerprint density at radius 1 is 1.62 bits per heavy atom. The molecule has 2 unspecified atom stereocenters. The molecule has 0 aromatic heterocycles. The Morgan fingerprint density at radius 3 is 2.56 bits per heavy atom. The van der Waals surface area contributed by atoms with Gasteiger partial charge >= 0.3 is 0 Å². The normalized spacial score (nSPS) is 30.2. The number of nitrogens with one attached hydrogen (secondary N) is 1. The van der Waals surface area contributed by atoms with Gasteiger partial charge in [0.05, 0.1) is 5.54 Å². The van der Waals surface area contributed by atoms with E-state index in [-0.39, 0.29) is 5.91 Å². The fourth-order valence-corrected chi connectivity index (χ4v) is 2.92. The molecule has 0 aromatic carbocycles. The van der Waals surface area contributed by atoms with Gasteiger partial charge in [0.15, 0.2) is 0 Å². The molecule has 0 spiro atoms. The molecule has 2 atom stereocenters. The van der Waals surface area contributed by atoms with E-state index in [9.17, 15) is 4.79 Å². The minimum absolute atomic E-state index is 0.211. The highest BCUT2D eigenvalue weighted by molar-refractivity contribution is 5.85. The molecule has 1 aliphatic carbocycles. The van der Waals surface area contributed by atoms with E-state index in [1.165, 1.54) is 0 Å². The third-order valence-electron chi connectivity index (χ3n) is 3.94. The van der Waals surface area contributed by atoms with Crippen molar-refractivity contribution in [3.8, 4) is 0 Å². The van der Waals surface area contributed by atoms with Gasteiger partial charge in [0.2, 0.25) is 5.91 Å². The predicted octanol–water partition coefficient (Wildman–Crippen LogP) is 0.713. The van der Waals surface area contributed by atoms with Crippen LogP contribution in [0.5, 0.6) is 0 Å². The second kappa shape index (κ2) is 5.15. The molecule has 0 bridgehead atoms. The van der Waals surface area contributed by atoms with Crippen molar-refractivity contribution in [1.29, 1.82) is 0 Å². The molecule has 1 amide bonds. The molecule has 94 valence electrons. The van der Waals surface area contributed by atoms with E-state index < -0.39 is 5.54 Å². The van der Waals surface area contributed by atoms with Gasteiger partial charge in [-0.1, -0.05) is 6.92 Å². The lowest BCUT2D eigenvalue weighted by Gasteiger charge is -2.33. The molecule has 0 aliphatic heterocycles. The lowest BCUT2D eigenvalue weighted by Crippen LogP contribution is -2.53. The molecular weight excluding hydrogens is 202 g/mol.